The molecule has 5 aliphatic rings. The van der Waals surface area contributed by atoms with E-state index in [0.717, 1.165) is 6.42 Å². The van der Waals surface area contributed by atoms with Gasteiger partial charge < -0.3 is 49.4 Å². The predicted octanol–water partition coefficient (Wildman–Crippen LogP) is 6.02. The number of Topliss-reactive ketones (excluding diaryl/α,β-unsaturated/α-hetero) is 1. The number of aliphatic carboxylic acids is 1. The van der Waals surface area contributed by atoms with E-state index in [1.54, 1.807) is 19.1 Å². The Morgan fingerprint density at radius 1 is 0.893 bits per heavy atom. The van der Waals surface area contributed by atoms with E-state index in [0.29, 0.717) is 57.8 Å². The van der Waals surface area contributed by atoms with Crippen LogP contribution in [0.15, 0.2) is 12.2 Å². The van der Waals surface area contributed by atoms with Gasteiger partial charge in [-0.15, -0.1) is 0 Å². The molecular formula is C44H77NO11. The van der Waals surface area contributed by atoms with E-state index >= 15 is 0 Å². The number of carboxylic acids is 1. The maximum absolute atomic E-state index is 14.4. The number of hydrogen-bond acceptors (Lipinski definition) is 11. The third-order valence-electron chi connectivity index (χ3n) is 14.4. The fourth-order valence-electron chi connectivity index (χ4n) is 10.5. The van der Waals surface area contributed by atoms with Crippen molar-refractivity contribution < 1.29 is 53.7 Å². The molecule has 0 aromatic rings. The zero-order valence-corrected chi connectivity index (χ0v) is 36.5. The average molecular weight is 796 g/mol. The summed E-state index contributed by atoms with van der Waals surface area (Å²) in [5.74, 6) is -5.78. The van der Waals surface area contributed by atoms with Crippen LogP contribution in [-0.4, -0.2) is 112 Å². The average Bonchev–Trinajstić information content (AvgIpc) is 3.50. The minimum absolute atomic E-state index is 0.0137. The Labute approximate surface area is 336 Å². The van der Waals surface area contributed by atoms with E-state index in [2.05, 4.69) is 26.1 Å². The van der Waals surface area contributed by atoms with Gasteiger partial charge in [-0.05, 0) is 110 Å². The molecule has 12 nitrogen and oxygen atoms in total. The zero-order chi connectivity index (χ0) is 42.0. The largest absolute Gasteiger partial charge is 0.481 e. The summed E-state index contributed by atoms with van der Waals surface area (Å²) in [6.45, 7) is 19.6. The van der Waals surface area contributed by atoms with Gasteiger partial charge in [0.25, 0.3) is 0 Å². The van der Waals surface area contributed by atoms with Crippen LogP contribution in [0, 0.1) is 41.4 Å². The molecule has 5 heterocycles. The van der Waals surface area contributed by atoms with E-state index in [4.69, 9.17) is 23.7 Å². The summed E-state index contributed by atoms with van der Waals surface area (Å²) in [7, 11) is 3.75. The standard InChI is InChI=1S/C42H70O11.C2H7N/c1-11-29(38(46)47)31-15-14-23(4)36(50-31)27(8)34(44)26(7)35(45)30(12-2)37-24(5)22-25(6)41(51-37)19-16-32(43)42(53-41)21-20-39(10,52-42)33-17-18-40(48,13-3)28(9)49-33;1-3-2/h16,19,23-34,36-37,43-44,48H,11-15,17-18,20-22H2,1-10H3,(H,46,47);3H,1-2H3/t23-,24-,25+,26-,27-,28-,29+,30-,31+,32+,33+,34+,36+,37-,39-,40+,41-,42-;/m0./s1. The van der Waals surface area contributed by atoms with Gasteiger partial charge in [0, 0.05) is 30.1 Å². The monoisotopic (exact) mass is 796 g/mol. The Morgan fingerprint density at radius 2 is 1.54 bits per heavy atom. The molecule has 0 radical (unpaired) electrons. The second-order valence-corrected chi connectivity index (χ2v) is 18.4. The first-order chi connectivity index (χ1) is 26.2. The second kappa shape index (κ2) is 18.8. The summed E-state index contributed by atoms with van der Waals surface area (Å²) >= 11 is 0. The summed E-state index contributed by atoms with van der Waals surface area (Å²) in [4.78, 5) is 26.4. The quantitative estimate of drug-likeness (QED) is 0.146. The molecule has 12 heteroatoms. The van der Waals surface area contributed by atoms with Gasteiger partial charge in [0.15, 0.2) is 5.79 Å². The Morgan fingerprint density at radius 3 is 2.11 bits per heavy atom. The minimum Gasteiger partial charge on any atom is -0.481 e. The van der Waals surface area contributed by atoms with E-state index in [1.165, 1.54) is 0 Å². The highest BCUT2D eigenvalue weighted by molar-refractivity contribution is 5.84. The molecule has 4 saturated heterocycles. The number of carbonyl (C=O) groups is 2. The van der Waals surface area contributed by atoms with E-state index < -0.39 is 76.8 Å². The van der Waals surface area contributed by atoms with Gasteiger partial charge in [0.1, 0.15) is 11.9 Å². The number of carboxylic acid groups (broad SMARTS) is 1. The number of ketones is 1. The summed E-state index contributed by atoms with van der Waals surface area (Å²) in [5.41, 5.74) is -1.63. The Hall–Kier alpha value is -1.48. The highest BCUT2D eigenvalue weighted by Crippen LogP contribution is 2.54. The fourth-order valence-corrected chi connectivity index (χ4v) is 10.5. The predicted molar refractivity (Wildman–Crippen MR) is 214 cm³/mol. The maximum atomic E-state index is 14.4. The molecule has 0 unspecified atom stereocenters. The van der Waals surface area contributed by atoms with E-state index in [9.17, 15) is 30.0 Å². The molecule has 4 fully saturated rings. The first-order valence-electron chi connectivity index (χ1n) is 21.7. The topological polar surface area (TPSA) is 173 Å². The summed E-state index contributed by atoms with van der Waals surface area (Å²) in [6, 6.07) is 0. The molecule has 18 atom stereocenters. The van der Waals surface area contributed by atoms with Crippen molar-refractivity contribution in [1.82, 2.24) is 5.32 Å². The lowest BCUT2D eigenvalue weighted by atomic mass is 9.72. The second-order valence-electron chi connectivity index (χ2n) is 18.4. The number of nitrogens with one attached hydrogen (secondary N) is 1. The lowest BCUT2D eigenvalue weighted by Crippen LogP contribution is -2.63. The molecule has 0 bridgehead atoms. The highest BCUT2D eigenvalue weighted by Gasteiger charge is 2.63. The van der Waals surface area contributed by atoms with Crippen LogP contribution in [0.5, 0.6) is 0 Å². The summed E-state index contributed by atoms with van der Waals surface area (Å²) in [6.07, 6.45) is 5.51. The Bertz CT molecular complexity index is 1350. The number of hydrogen-bond donors (Lipinski definition) is 5. The molecule has 5 rings (SSSR count). The lowest BCUT2D eigenvalue weighted by Gasteiger charge is -2.54. The molecule has 0 aliphatic carbocycles. The van der Waals surface area contributed by atoms with Crippen LogP contribution >= 0.6 is 0 Å². The van der Waals surface area contributed by atoms with Crippen LogP contribution in [0.25, 0.3) is 0 Å². The smallest absolute Gasteiger partial charge is 0.309 e. The van der Waals surface area contributed by atoms with E-state index in [1.807, 2.05) is 55.6 Å². The molecule has 0 aromatic carbocycles. The molecule has 2 spiro atoms. The number of rotatable bonds is 12. The first kappa shape index (κ1) is 47.2. The molecule has 324 valence electrons. The lowest BCUT2D eigenvalue weighted by molar-refractivity contribution is -0.409. The van der Waals surface area contributed by atoms with Gasteiger partial charge >= 0.3 is 5.97 Å². The molecule has 0 saturated carbocycles. The zero-order valence-electron chi connectivity index (χ0n) is 36.5. The van der Waals surface area contributed by atoms with Crippen LogP contribution in [0.3, 0.4) is 0 Å². The van der Waals surface area contributed by atoms with Crippen LogP contribution in [0.1, 0.15) is 133 Å². The van der Waals surface area contributed by atoms with Crippen molar-refractivity contribution in [3.8, 4) is 0 Å². The molecule has 0 aromatic heterocycles. The van der Waals surface area contributed by atoms with Crippen LogP contribution in [0.4, 0.5) is 0 Å². The third-order valence-corrected chi connectivity index (χ3v) is 14.4. The van der Waals surface area contributed by atoms with E-state index in [-0.39, 0.29) is 41.8 Å². The van der Waals surface area contributed by atoms with Gasteiger partial charge in [-0.1, -0.05) is 55.4 Å². The van der Waals surface area contributed by atoms with Crippen LogP contribution in [-0.2, 0) is 33.3 Å². The SMILES string of the molecule is CC[C@@H](C(=O)[C@@H](C)[C@@H](O)[C@H](C)[C@@H]1O[C@@H]([C@@H](CC)C(=O)O)CC[C@@H]1C)[C@H]1O[C@]2(C=C[C@@H](O)[C@]3(CC[C@@](C)([C@H]4CC[C@](O)(CC)[C@H](C)O4)O3)O2)[C@H](C)C[C@@H]1C.CNC. The normalized spacial score (nSPS) is 44.0. The van der Waals surface area contributed by atoms with Crippen molar-refractivity contribution in [1.29, 1.82) is 0 Å². The van der Waals surface area contributed by atoms with Gasteiger partial charge in [-0.25, -0.2) is 0 Å². The molecule has 56 heavy (non-hydrogen) atoms. The number of aliphatic hydroxyl groups is 3. The Balaban J connectivity index is 0.00000225. The van der Waals surface area contributed by atoms with Crippen molar-refractivity contribution >= 4 is 11.8 Å². The number of carbonyl (C=O) groups excluding carboxylic acids is 1. The van der Waals surface area contributed by atoms with Crippen molar-refractivity contribution in [3.63, 3.8) is 0 Å². The van der Waals surface area contributed by atoms with Crippen LogP contribution in [0.2, 0.25) is 0 Å². The molecule has 0 amide bonds. The molecular weight excluding hydrogens is 718 g/mol. The highest BCUT2D eigenvalue weighted by atomic mass is 16.8. The fraction of sp³-hybridized carbons (Fsp3) is 0.909. The maximum Gasteiger partial charge on any atom is 0.309 e. The van der Waals surface area contributed by atoms with Crippen LogP contribution < -0.4 is 5.32 Å². The molecule has 5 aliphatic heterocycles. The number of ether oxygens (including phenoxy) is 5. The van der Waals surface area contributed by atoms with Crippen molar-refractivity contribution in [3.05, 3.63) is 12.2 Å². The first-order valence-corrected chi connectivity index (χ1v) is 21.7. The van der Waals surface area contributed by atoms with Gasteiger partial charge in [-0.2, -0.15) is 0 Å². The Kier molecular flexibility index (Phi) is 15.9. The minimum atomic E-state index is -1.37. The van der Waals surface area contributed by atoms with Crippen molar-refractivity contribution in [2.75, 3.05) is 14.1 Å². The summed E-state index contributed by atoms with van der Waals surface area (Å²) in [5, 5.41) is 46.7. The van der Waals surface area contributed by atoms with Gasteiger partial charge in [-0.3, -0.25) is 9.59 Å². The number of aliphatic hydroxyl groups excluding tert-OH is 2. The van der Waals surface area contributed by atoms with Gasteiger partial charge in [0.2, 0.25) is 5.79 Å². The van der Waals surface area contributed by atoms with Gasteiger partial charge in [0.05, 0.1) is 53.7 Å². The third kappa shape index (κ3) is 9.29. The van der Waals surface area contributed by atoms with Crippen molar-refractivity contribution in [2.45, 2.75) is 199 Å². The molecule has 5 N–H and O–H groups in total. The summed E-state index contributed by atoms with van der Waals surface area (Å²) < 4.78 is 33.5. The van der Waals surface area contributed by atoms with Crippen molar-refractivity contribution in [2.24, 2.45) is 41.4 Å².